The summed E-state index contributed by atoms with van der Waals surface area (Å²) in [6, 6.07) is 11.1. The fourth-order valence-electron chi connectivity index (χ4n) is 3.60. The molecular formula is C20H20N4O2. The van der Waals surface area contributed by atoms with Gasteiger partial charge in [-0.3, -0.25) is 19.1 Å². The van der Waals surface area contributed by atoms with Gasteiger partial charge in [0.15, 0.2) is 0 Å². The molecule has 1 fully saturated rings. The normalized spacial score (nSPS) is 17.4. The van der Waals surface area contributed by atoms with Gasteiger partial charge >= 0.3 is 0 Å². The molecule has 1 saturated heterocycles. The lowest BCUT2D eigenvalue weighted by molar-refractivity contribution is -0.135. The lowest BCUT2D eigenvalue weighted by atomic mass is 9.96. The number of likely N-dealkylation sites (tertiary alicyclic amines) is 1. The molecule has 0 aliphatic carbocycles. The molecule has 2 aromatic heterocycles. The van der Waals surface area contributed by atoms with Crippen molar-refractivity contribution in [2.75, 3.05) is 6.54 Å². The molecule has 1 amide bonds. The summed E-state index contributed by atoms with van der Waals surface area (Å²) >= 11 is 0. The number of piperidine rings is 1. The molecule has 132 valence electrons. The summed E-state index contributed by atoms with van der Waals surface area (Å²) in [5.41, 5.74) is 1.51. The van der Waals surface area contributed by atoms with Gasteiger partial charge in [-0.2, -0.15) is 0 Å². The number of nitrogens with zero attached hydrogens (tertiary/aromatic N) is 4. The van der Waals surface area contributed by atoms with Gasteiger partial charge in [0.2, 0.25) is 5.91 Å². The third kappa shape index (κ3) is 3.10. The second kappa shape index (κ2) is 7.07. The highest BCUT2D eigenvalue weighted by molar-refractivity contribution is 5.79. The summed E-state index contributed by atoms with van der Waals surface area (Å²) < 4.78 is 1.40. The molecule has 3 heterocycles. The summed E-state index contributed by atoms with van der Waals surface area (Å²) in [7, 11) is 0. The van der Waals surface area contributed by atoms with Crippen LogP contribution in [0.3, 0.4) is 0 Å². The lowest BCUT2D eigenvalue weighted by Gasteiger charge is -2.36. The number of benzene rings is 1. The van der Waals surface area contributed by atoms with Gasteiger partial charge in [0.1, 0.15) is 6.54 Å². The maximum Gasteiger partial charge on any atom is 0.261 e. The Morgan fingerprint density at radius 3 is 2.88 bits per heavy atom. The largest absolute Gasteiger partial charge is 0.334 e. The maximum absolute atomic E-state index is 13.0. The summed E-state index contributed by atoms with van der Waals surface area (Å²) in [6.45, 7) is 0.710. The number of rotatable bonds is 3. The molecule has 0 bridgehead atoms. The Morgan fingerprint density at radius 2 is 2.04 bits per heavy atom. The first-order valence-electron chi connectivity index (χ1n) is 8.87. The molecule has 0 unspecified atom stereocenters. The Balaban J connectivity index is 1.61. The van der Waals surface area contributed by atoms with E-state index in [0.717, 1.165) is 24.8 Å². The molecule has 26 heavy (non-hydrogen) atoms. The van der Waals surface area contributed by atoms with E-state index >= 15 is 0 Å². The summed E-state index contributed by atoms with van der Waals surface area (Å²) in [4.78, 5) is 36.0. The molecular weight excluding hydrogens is 328 g/mol. The zero-order valence-corrected chi connectivity index (χ0v) is 14.4. The smallest absolute Gasteiger partial charge is 0.261 e. The van der Waals surface area contributed by atoms with Gasteiger partial charge in [0.25, 0.3) is 5.56 Å². The molecule has 3 aromatic rings. The van der Waals surface area contributed by atoms with Crippen molar-refractivity contribution >= 4 is 16.8 Å². The van der Waals surface area contributed by atoms with E-state index in [2.05, 4.69) is 9.97 Å². The van der Waals surface area contributed by atoms with Crippen LogP contribution in [0.15, 0.2) is 59.9 Å². The van der Waals surface area contributed by atoms with Gasteiger partial charge in [-0.15, -0.1) is 0 Å². The second-order valence-electron chi connectivity index (χ2n) is 6.58. The Bertz CT molecular complexity index is 984. The molecule has 0 radical (unpaired) electrons. The van der Waals surface area contributed by atoms with Crippen LogP contribution in [0.2, 0.25) is 0 Å². The van der Waals surface area contributed by atoms with E-state index in [4.69, 9.17) is 0 Å². The van der Waals surface area contributed by atoms with Crippen LogP contribution in [0.4, 0.5) is 0 Å². The Kier molecular flexibility index (Phi) is 4.48. The number of carbonyl (C=O) groups excluding carboxylic acids is 1. The predicted octanol–water partition coefficient (Wildman–Crippen LogP) is 2.55. The number of carbonyl (C=O) groups is 1. The molecule has 0 spiro atoms. The third-order valence-electron chi connectivity index (χ3n) is 4.93. The molecule has 1 aliphatic heterocycles. The minimum Gasteiger partial charge on any atom is -0.334 e. The van der Waals surface area contributed by atoms with Crippen LogP contribution in [-0.2, 0) is 11.3 Å². The van der Waals surface area contributed by atoms with E-state index < -0.39 is 0 Å². The second-order valence-corrected chi connectivity index (χ2v) is 6.58. The highest BCUT2D eigenvalue weighted by atomic mass is 16.2. The molecule has 6 nitrogen and oxygen atoms in total. The maximum atomic E-state index is 13.0. The summed E-state index contributed by atoms with van der Waals surface area (Å²) in [5.74, 6) is -0.0577. The monoisotopic (exact) mass is 348 g/mol. The third-order valence-corrected chi connectivity index (χ3v) is 4.93. The highest BCUT2D eigenvalue weighted by Crippen LogP contribution is 2.30. The van der Waals surface area contributed by atoms with Crippen LogP contribution in [0, 0.1) is 0 Å². The SMILES string of the molecule is O=C(Cn1cnc2ccccc2c1=O)N1CCCC[C@H]1c1cccnc1. The highest BCUT2D eigenvalue weighted by Gasteiger charge is 2.28. The number of hydrogen-bond acceptors (Lipinski definition) is 4. The summed E-state index contributed by atoms with van der Waals surface area (Å²) in [6.07, 6.45) is 8.00. The fourth-order valence-corrected chi connectivity index (χ4v) is 3.60. The van der Waals surface area contributed by atoms with Crippen LogP contribution >= 0.6 is 0 Å². The number of hydrogen-bond donors (Lipinski definition) is 0. The fraction of sp³-hybridized carbons (Fsp3) is 0.300. The van der Waals surface area contributed by atoms with Gasteiger partial charge in [-0.25, -0.2) is 4.98 Å². The molecule has 4 rings (SSSR count). The molecule has 1 aromatic carbocycles. The van der Waals surface area contributed by atoms with Crippen molar-refractivity contribution in [3.8, 4) is 0 Å². The van der Waals surface area contributed by atoms with Crippen molar-refractivity contribution in [1.29, 1.82) is 0 Å². The average molecular weight is 348 g/mol. The summed E-state index contributed by atoms with van der Waals surface area (Å²) in [5, 5.41) is 0.533. The Labute approximate surface area is 151 Å². The van der Waals surface area contributed by atoms with Gasteiger partial charge in [0.05, 0.1) is 23.3 Å². The zero-order valence-electron chi connectivity index (χ0n) is 14.4. The van der Waals surface area contributed by atoms with E-state index in [1.807, 2.05) is 29.3 Å². The van der Waals surface area contributed by atoms with Crippen molar-refractivity contribution in [3.05, 3.63) is 71.0 Å². The van der Waals surface area contributed by atoms with Gasteiger partial charge in [0, 0.05) is 18.9 Å². The first kappa shape index (κ1) is 16.4. The predicted molar refractivity (Wildman–Crippen MR) is 98.5 cm³/mol. The van der Waals surface area contributed by atoms with Crippen LogP contribution in [0.1, 0.15) is 30.9 Å². The molecule has 0 N–H and O–H groups in total. The van der Waals surface area contributed by atoms with Crippen molar-refractivity contribution in [3.63, 3.8) is 0 Å². The Hall–Kier alpha value is -3.02. The van der Waals surface area contributed by atoms with Crippen LogP contribution in [-0.4, -0.2) is 31.9 Å². The van der Waals surface area contributed by atoms with Gasteiger partial charge in [-0.05, 0) is 43.0 Å². The van der Waals surface area contributed by atoms with E-state index in [1.54, 1.807) is 24.4 Å². The number of pyridine rings is 1. The lowest BCUT2D eigenvalue weighted by Crippen LogP contribution is -2.41. The van der Waals surface area contributed by atoms with Crippen molar-refractivity contribution in [2.45, 2.75) is 31.8 Å². The molecule has 6 heteroatoms. The van der Waals surface area contributed by atoms with Crippen LogP contribution < -0.4 is 5.56 Å². The molecule has 0 saturated carbocycles. The number of amides is 1. The van der Waals surface area contributed by atoms with E-state index in [1.165, 1.54) is 10.9 Å². The topological polar surface area (TPSA) is 68.1 Å². The van der Waals surface area contributed by atoms with Crippen LogP contribution in [0.5, 0.6) is 0 Å². The number of para-hydroxylation sites is 1. The first-order chi connectivity index (χ1) is 12.7. The van der Waals surface area contributed by atoms with Crippen molar-refractivity contribution < 1.29 is 4.79 Å². The minimum absolute atomic E-state index is 0.00737. The standard InChI is InChI=1S/C20H20N4O2/c25-19(13-23-14-22-17-8-2-1-7-16(17)20(23)26)24-11-4-3-9-18(24)15-6-5-10-21-12-15/h1-2,5-8,10,12,14,18H,3-4,9,11,13H2/t18-/m0/s1. The quantitative estimate of drug-likeness (QED) is 0.729. The average Bonchev–Trinajstić information content (AvgIpc) is 2.71. The minimum atomic E-state index is -0.182. The zero-order chi connectivity index (χ0) is 17.9. The number of fused-ring (bicyclic) bond motifs is 1. The van der Waals surface area contributed by atoms with E-state index in [-0.39, 0.29) is 24.1 Å². The first-order valence-corrected chi connectivity index (χ1v) is 8.87. The molecule has 1 atom stereocenters. The Morgan fingerprint density at radius 1 is 1.15 bits per heavy atom. The van der Waals surface area contributed by atoms with Gasteiger partial charge in [-0.1, -0.05) is 18.2 Å². The van der Waals surface area contributed by atoms with E-state index in [9.17, 15) is 9.59 Å². The van der Waals surface area contributed by atoms with Crippen molar-refractivity contribution in [2.24, 2.45) is 0 Å². The van der Waals surface area contributed by atoms with Gasteiger partial charge < -0.3 is 4.90 Å². The number of aromatic nitrogens is 3. The van der Waals surface area contributed by atoms with Crippen LogP contribution in [0.25, 0.3) is 10.9 Å². The molecule has 1 aliphatic rings. The van der Waals surface area contributed by atoms with E-state index in [0.29, 0.717) is 17.4 Å². The van der Waals surface area contributed by atoms with Crippen molar-refractivity contribution in [1.82, 2.24) is 19.4 Å².